The number of nitrogens with zero attached hydrogens (tertiary/aromatic N) is 1. The lowest BCUT2D eigenvalue weighted by Gasteiger charge is -2.06. The van der Waals surface area contributed by atoms with E-state index in [1.54, 1.807) is 18.2 Å². The summed E-state index contributed by atoms with van der Waals surface area (Å²) in [7, 11) is 0. The first kappa shape index (κ1) is 12.6. The van der Waals surface area contributed by atoms with Crippen molar-refractivity contribution in [2.24, 2.45) is 0 Å². The average molecular weight is 270 g/mol. The van der Waals surface area contributed by atoms with Gasteiger partial charge in [-0.05, 0) is 24.1 Å². The Labute approximate surface area is 107 Å². The Balaban J connectivity index is 2.14. The molecule has 0 amide bonds. The zero-order valence-electron chi connectivity index (χ0n) is 9.18. The van der Waals surface area contributed by atoms with Crippen molar-refractivity contribution in [2.75, 3.05) is 0 Å². The van der Waals surface area contributed by atoms with Crippen LogP contribution in [0.15, 0.2) is 40.8 Å². The molecule has 4 nitrogen and oxygen atoms in total. The highest BCUT2D eigenvalue weighted by molar-refractivity contribution is 6.20. The van der Waals surface area contributed by atoms with Gasteiger partial charge in [-0.15, -0.1) is 11.6 Å². The van der Waals surface area contributed by atoms with Crippen LogP contribution in [0.5, 0.6) is 0 Å². The predicted molar refractivity (Wildman–Crippen MR) is 64.1 cm³/mol. The third-order valence-corrected chi connectivity index (χ3v) is 2.83. The molecule has 0 bridgehead atoms. The highest BCUT2D eigenvalue weighted by Gasteiger charge is 2.19. The van der Waals surface area contributed by atoms with Gasteiger partial charge in [0.1, 0.15) is 16.5 Å². The van der Waals surface area contributed by atoms with Gasteiger partial charge in [-0.2, -0.15) is 0 Å². The van der Waals surface area contributed by atoms with Gasteiger partial charge in [0.25, 0.3) is 0 Å². The predicted octanol–water partition coefficient (Wildman–Crippen LogP) is 3.85. The van der Waals surface area contributed by atoms with Crippen LogP contribution in [0.3, 0.4) is 0 Å². The molecule has 0 aliphatic heterocycles. The van der Waals surface area contributed by atoms with E-state index in [4.69, 9.17) is 16.0 Å². The van der Waals surface area contributed by atoms with Crippen molar-refractivity contribution in [1.82, 2.24) is 0 Å². The van der Waals surface area contributed by atoms with Crippen LogP contribution in [-0.4, -0.2) is 4.92 Å². The Morgan fingerprint density at radius 1 is 1.33 bits per heavy atom. The van der Waals surface area contributed by atoms with Crippen LogP contribution >= 0.6 is 11.6 Å². The molecule has 94 valence electrons. The topological polar surface area (TPSA) is 56.3 Å². The van der Waals surface area contributed by atoms with Gasteiger partial charge in [-0.25, -0.2) is 4.39 Å². The molecule has 0 N–H and O–H groups in total. The van der Waals surface area contributed by atoms with Crippen molar-refractivity contribution in [3.8, 4) is 0 Å². The molecule has 1 unspecified atom stereocenters. The fraction of sp³-hybridized carbons (Fsp3) is 0.167. The van der Waals surface area contributed by atoms with Gasteiger partial charge in [-0.3, -0.25) is 10.1 Å². The molecule has 0 aliphatic rings. The highest BCUT2D eigenvalue weighted by Crippen LogP contribution is 2.29. The fourth-order valence-electron chi connectivity index (χ4n) is 1.57. The summed E-state index contributed by atoms with van der Waals surface area (Å²) in [6, 6.07) is 8.89. The lowest BCUT2D eigenvalue weighted by atomic mass is 10.1. The summed E-state index contributed by atoms with van der Waals surface area (Å²) >= 11 is 6.05. The maximum atomic E-state index is 13.4. The van der Waals surface area contributed by atoms with E-state index >= 15 is 0 Å². The molecule has 1 aromatic heterocycles. The van der Waals surface area contributed by atoms with Crippen molar-refractivity contribution in [1.29, 1.82) is 0 Å². The maximum Gasteiger partial charge on any atom is 0.433 e. The molecular weight excluding hydrogens is 261 g/mol. The quantitative estimate of drug-likeness (QED) is 0.481. The van der Waals surface area contributed by atoms with Gasteiger partial charge in [-0.1, -0.05) is 18.2 Å². The molecule has 0 saturated carbocycles. The molecule has 6 heteroatoms. The number of halogens is 2. The molecule has 0 saturated heterocycles. The van der Waals surface area contributed by atoms with E-state index in [0.717, 1.165) is 0 Å². The molecule has 18 heavy (non-hydrogen) atoms. The van der Waals surface area contributed by atoms with Gasteiger partial charge in [0.2, 0.25) is 0 Å². The van der Waals surface area contributed by atoms with E-state index < -0.39 is 10.3 Å². The summed E-state index contributed by atoms with van der Waals surface area (Å²) in [5, 5.41) is 9.82. The number of nitro groups is 1. The van der Waals surface area contributed by atoms with Crippen LogP contribution in [-0.2, 0) is 6.42 Å². The molecule has 2 aromatic rings. The first-order chi connectivity index (χ1) is 8.58. The first-order valence-electron chi connectivity index (χ1n) is 5.19. The van der Waals surface area contributed by atoms with Crippen LogP contribution in [0.4, 0.5) is 10.3 Å². The second-order valence-corrected chi connectivity index (χ2v) is 4.22. The largest absolute Gasteiger partial charge is 0.433 e. The zero-order valence-corrected chi connectivity index (χ0v) is 9.93. The third kappa shape index (κ3) is 2.68. The molecule has 1 aromatic carbocycles. The normalized spacial score (nSPS) is 12.3. The Hall–Kier alpha value is -1.88. The molecular formula is C12H9ClFNO3. The molecule has 0 aliphatic carbocycles. The number of hydrogen-bond donors (Lipinski definition) is 0. The van der Waals surface area contributed by atoms with E-state index in [1.807, 2.05) is 0 Å². The summed E-state index contributed by atoms with van der Waals surface area (Å²) in [5.41, 5.74) is 0.441. The van der Waals surface area contributed by atoms with Crippen LogP contribution in [0.25, 0.3) is 0 Å². The van der Waals surface area contributed by atoms with Crippen molar-refractivity contribution < 1.29 is 13.7 Å². The summed E-state index contributed by atoms with van der Waals surface area (Å²) in [6.07, 6.45) is 0.207. The van der Waals surface area contributed by atoms with E-state index in [1.165, 1.54) is 18.2 Å². The Morgan fingerprint density at radius 2 is 2.06 bits per heavy atom. The lowest BCUT2D eigenvalue weighted by molar-refractivity contribution is -0.402. The minimum Gasteiger partial charge on any atom is -0.404 e. The van der Waals surface area contributed by atoms with E-state index in [-0.39, 0.29) is 23.9 Å². The first-order valence-corrected chi connectivity index (χ1v) is 5.63. The zero-order chi connectivity index (χ0) is 13.1. The summed E-state index contributed by atoms with van der Waals surface area (Å²) in [4.78, 5) is 9.82. The van der Waals surface area contributed by atoms with E-state index in [0.29, 0.717) is 5.56 Å². The van der Waals surface area contributed by atoms with Gasteiger partial charge in [0.05, 0.1) is 11.4 Å². The van der Waals surface area contributed by atoms with Crippen LogP contribution < -0.4 is 0 Å². The minimum atomic E-state index is -0.643. The van der Waals surface area contributed by atoms with Crippen LogP contribution in [0.2, 0.25) is 0 Å². The number of furan rings is 1. The number of rotatable bonds is 4. The Kier molecular flexibility index (Phi) is 3.62. The maximum absolute atomic E-state index is 13.4. The molecule has 0 spiro atoms. The lowest BCUT2D eigenvalue weighted by Crippen LogP contribution is -1.97. The van der Waals surface area contributed by atoms with Gasteiger partial charge in [0, 0.05) is 0 Å². The second kappa shape index (κ2) is 5.18. The number of alkyl halides is 1. The molecule has 0 fully saturated rings. The molecule has 1 atom stereocenters. The highest BCUT2D eigenvalue weighted by atomic mass is 35.5. The minimum absolute atomic E-state index is 0.207. The van der Waals surface area contributed by atoms with Crippen LogP contribution in [0.1, 0.15) is 16.7 Å². The van der Waals surface area contributed by atoms with E-state index in [9.17, 15) is 14.5 Å². The smallest absolute Gasteiger partial charge is 0.404 e. The van der Waals surface area contributed by atoms with Crippen molar-refractivity contribution in [3.05, 3.63) is 63.7 Å². The monoisotopic (exact) mass is 269 g/mol. The summed E-state index contributed by atoms with van der Waals surface area (Å²) < 4.78 is 18.4. The summed E-state index contributed by atoms with van der Waals surface area (Å²) in [5.74, 6) is -0.472. The molecule has 0 radical (unpaired) electrons. The number of benzene rings is 1. The molecule has 2 rings (SSSR count). The second-order valence-electron chi connectivity index (χ2n) is 3.70. The van der Waals surface area contributed by atoms with Crippen molar-refractivity contribution >= 4 is 17.5 Å². The van der Waals surface area contributed by atoms with E-state index in [2.05, 4.69) is 0 Å². The fourth-order valence-corrected chi connectivity index (χ4v) is 1.85. The SMILES string of the molecule is O=[N+]([O-])c1ccc(C(Cl)Cc2ccccc2F)o1. The van der Waals surface area contributed by atoms with Crippen molar-refractivity contribution in [2.45, 2.75) is 11.8 Å². The van der Waals surface area contributed by atoms with Crippen LogP contribution in [0, 0.1) is 15.9 Å². The standard InChI is InChI=1S/C12H9ClFNO3/c13-9(7-8-3-1-2-4-10(8)14)11-5-6-12(18-11)15(16)17/h1-6,9H,7H2. The third-order valence-electron chi connectivity index (χ3n) is 2.46. The number of hydrogen-bond acceptors (Lipinski definition) is 3. The van der Waals surface area contributed by atoms with Gasteiger partial charge < -0.3 is 4.42 Å². The average Bonchev–Trinajstić information content (AvgIpc) is 2.81. The van der Waals surface area contributed by atoms with Gasteiger partial charge in [0.15, 0.2) is 0 Å². The molecule has 1 heterocycles. The Bertz CT molecular complexity index is 570. The summed E-state index contributed by atoms with van der Waals surface area (Å²) in [6.45, 7) is 0. The Morgan fingerprint density at radius 3 is 2.67 bits per heavy atom. The van der Waals surface area contributed by atoms with Crippen molar-refractivity contribution in [3.63, 3.8) is 0 Å². The van der Waals surface area contributed by atoms with Gasteiger partial charge >= 0.3 is 5.88 Å².